The summed E-state index contributed by atoms with van der Waals surface area (Å²) in [7, 11) is 0. The molecule has 27 heavy (non-hydrogen) atoms. The average molecular weight is 399 g/mol. The summed E-state index contributed by atoms with van der Waals surface area (Å²) in [5, 5.41) is 0.352. The van der Waals surface area contributed by atoms with Crippen molar-refractivity contribution in [3.8, 4) is 0 Å². The summed E-state index contributed by atoms with van der Waals surface area (Å²) < 4.78 is 42.4. The maximum atomic E-state index is 12.5. The van der Waals surface area contributed by atoms with Gasteiger partial charge in [0.1, 0.15) is 6.26 Å². The Kier molecular flexibility index (Phi) is 5.73. The summed E-state index contributed by atoms with van der Waals surface area (Å²) in [5.41, 5.74) is -0.352. The second kappa shape index (κ2) is 8.03. The van der Waals surface area contributed by atoms with E-state index >= 15 is 0 Å². The number of alkyl halides is 3. The fourth-order valence-electron chi connectivity index (χ4n) is 2.59. The van der Waals surface area contributed by atoms with E-state index in [1.165, 1.54) is 18.6 Å². The van der Waals surface area contributed by atoms with E-state index in [2.05, 4.69) is 4.98 Å². The number of carbonyl (C=O) groups is 2. The zero-order chi connectivity index (χ0) is 19.4. The summed E-state index contributed by atoms with van der Waals surface area (Å²) in [6.45, 7) is 1.64. The van der Waals surface area contributed by atoms with Crippen LogP contribution in [0.3, 0.4) is 0 Å². The summed E-state index contributed by atoms with van der Waals surface area (Å²) in [6.07, 6.45) is -0.861. The van der Waals surface area contributed by atoms with Crippen molar-refractivity contribution in [3.05, 3.63) is 48.0 Å². The number of halogens is 3. The number of carbonyl (C=O) groups excluding carboxylic acids is 2. The first-order valence-electron chi connectivity index (χ1n) is 8.10. The molecule has 1 fully saturated rings. The molecule has 144 valence electrons. The molecular formula is C17H16F3N3O3S. The third-order valence-corrected chi connectivity index (χ3v) is 5.02. The number of nitrogens with zero attached hydrogens (tertiary/aromatic N) is 3. The zero-order valence-electron chi connectivity index (χ0n) is 14.1. The number of amides is 2. The number of furan rings is 1. The van der Waals surface area contributed by atoms with E-state index in [9.17, 15) is 22.8 Å². The topological polar surface area (TPSA) is 66.7 Å². The summed E-state index contributed by atoms with van der Waals surface area (Å²) >= 11 is 1.08. The number of piperazine rings is 1. The van der Waals surface area contributed by atoms with Gasteiger partial charge in [0.05, 0.1) is 28.2 Å². The first kappa shape index (κ1) is 19.3. The quantitative estimate of drug-likeness (QED) is 0.740. The van der Waals surface area contributed by atoms with Crippen LogP contribution in [0.2, 0.25) is 0 Å². The normalized spacial score (nSPS) is 15.1. The molecule has 1 saturated heterocycles. The van der Waals surface area contributed by atoms with Crippen LogP contribution in [-0.4, -0.2) is 58.5 Å². The Labute approximate surface area is 157 Å². The maximum absolute atomic E-state index is 12.5. The Morgan fingerprint density at radius 1 is 1.11 bits per heavy atom. The Bertz CT molecular complexity index is 786. The van der Waals surface area contributed by atoms with E-state index in [0.29, 0.717) is 36.8 Å². The van der Waals surface area contributed by atoms with E-state index in [1.54, 1.807) is 15.9 Å². The van der Waals surface area contributed by atoms with E-state index < -0.39 is 11.7 Å². The molecule has 10 heteroatoms. The average Bonchev–Trinajstić information content (AvgIpc) is 3.20. The highest BCUT2D eigenvalue weighted by Crippen LogP contribution is 2.29. The van der Waals surface area contributed by atoms with Crippen LogP contribution in [0, 0.1) is 0 Å². The fourth-order valence-corrected chi connectivity index (χ4v) is 3.33. The van der Waals surface area contributed by atoms with Gasteiger partial charge in [-0.3, -0.25) is 9.59 Å². The maximum Gasteiger partial charge on any atom is 0.417 e. The van der Waals surface area contributed by atoms with Gasteiger partial charge in [0.25, 0.3) is 5.91 Å². The lowest BCUT2D eigenvalue weighted by Gasteiger charge is -2.34. The van der Waals surface area contributed by atoms with Crippen molar-refractivity contribution in [2.75, 3.05) is 31.9 Å². The minimum atomic E-state index is -4.43. The van der Waals surface area contributed by atoms with Gasteiger partial charge in [-0.25, -0.2) is 4.98 Å². The highest BCUT2D eigenvalue weighted by Gasteiger charge is 2.30. The third-order valence-electron chi connectivity index (χ3n) is 4.09. The predicted molar refractivity (Wildman–Crippen MR) is 91.2 cm³/mol. The lowest BCUT2D eigenvalue weighted by atomic mass is 10.2. The molecule has 1 aliphatic heterocycles. The standard InChI is InChI=1S/C17H16F3N3O3S/c18-17(19,20)13-1-2-14(21-9-13)27-11-15(24)22-4-6-23(7-5-22)16(25)12-3-8-26-10-12/h1-3,8-10H,4-7,11H2. The van der Waals surface area contributed by atoms with E-state index in [1.807, 2.05) is 0 Å². The molecule has 0 aromatic carbocycles. The smallest absolute Gasteiger partial charge is 0.417 e. The lowest BCUT2D eigenvalue weighted by Crippen LogP contribution is -2.51. The van der Waals surface area contributed by atoms with Crippen molar-refractivity contribution >= 4 is 23.6 Å². The van der Waals surface area contributed by atoms with Gasteiger partial charge in [0.15, 0.2) is 0 Å². The number of aromatic nitrogens is 1. The van der Waals surface area contributed by atoms with Crippen molar-refractivity contribution in [2.24, 2.45) is 0 Å². The second-order valence-electron chi connectivity index (χ2n) is 5.86. The van der Waals surface area contributed by atoms with E-state index in [0.717, 1.165) is 24.0 Å². The highest BCUT2D eigenvalue weighted by molar-refractivity contribution is 7.99. The molecule has 3 heterocycles. The minimum absolute atomic E-state index is 0.0774. The Balaban J connectivity index is 1.46. The number of hydrogen-bond donors (Lipinski definition) is 0. The van der Waals surface area contributed by atoms with Crippen LogP contribution >= 0.6 is 11.8 Å². The molecule has 1 aliphatic rings. The van der Waals surface area contributed by atoms with Gasteiger partial charge in [-0.05, 0) is 18.2 Å². The zero-order valence-corrected chi connectivity index (χ0v) is 14.9. The second-order valence-corrected chi connectivity index (χ2v) is 6.85. The van der Waals surface area contributed by atoms with Gasteiger partial charge in [-0.2, -0.15) is 13.2 Å². The molecule has 0 bridgehead atoms. The first-order valence-corrected chi connectivity index (χ1v) is 9.08. The van der Waals surface area contributed by atoms with Gasteiger partial charge < -0.3 is 14.2 Å². The molecular weight excluding hydrogens is 383 g/mol. The van der Waals surface area contributed by atoms with Gasteiger partial charge >= 0.3 is 6.18 Å². The summed E-state index contributed by atoms with van der Waals surface area (Å²) in [6, 6.07) is 3.79. The molecule has 0 atom stereocenters. The van der Waals surface area contributed by atoms with Gasteiger partial charge in [0.2, 0.25) is 5.91 Å². The molecule has 2 amide bonds. The molecule has 2 aromatic rings. The van der Waals surface area contributed by atoms with Crippen LogP contribution in [0.15, 0.2) is 46.4 Å². The molecule has 0 radical (unpaired) electrons. The number of rotatable bonds is 4. The lowest BCUT2D eigenvalue weighted by molar-refractivity contribution is -0.138. The molecule has 2 aromatic heterocycles. The molecule has 6 nitrogen and oxygen atoms in total. The van der Waals surface area contributed by atoms with Crippen molar-refractivity contribution < 1.29 is 27.2 Å². The SMILES string of the molecule is O=C(CSc1ccc(C(F)(F)F)cn1)N1CCN(C(=O)c2ccoc2)CC1. The van der Waals surface area contributed by atoms with E-state index in [-0.39, 0.29) is 17.6 Å². The van der Waals surface area contributed by atoms with Crippen LogP contribution in [-0.2, 0) is 11.0 Å². The van der Waals surface area contributed by atoms with Crippen molar-refractivity contribution in [1.82, 2.24) is 14.8 Å². The Morgan fingerprint density at radius 2 is 1.81 bits per heavy atom. The van der Waals surface area contributed by atoms with Gasteiger partial charge in [0, 0.05) is 32.4 Å². The highest BCUT2D eigenvalue weighted by atomic mass is 32.2. The molecule has 0 saturated carbocycles. The van der Waals surface area contributed by atoms with Crippen LogP contribution in [0.4, 0.5) is 13.2 Å². The van der Waals surface area contributed by atoms with E-state index in [4.69, 9.17) is 4.42 Å². The van der Waals surface area contributed by atoms with Crippen LogP contribution < -0.4 is 0 Å². The molecule has 0 aliphatic carbocycles. The Hall–Kier alpha value is -2.49. The summed E-state index contributed by atoms with van der Waals surface area (Å²) in [4.78, 5) is 31.5. The first-order chi connectivity index (χ1) is 12.8. The molecule has 0 spiro atoms. The van der Waals surface area contributed by atoms with Crippen LogP contribution in [0.25, 0.3) is 0 Å². The Morgan fingerprint density at radius 3 is 2.37 bits per heavy atom. The number of thioether (sulfide) groups is 1. The monoisotopic (exact) mass is 399 g/mol. The number of hydrogen-bond acceptors (Lipinski definition) is 5. The molecule has 3 rings (SSSR count). The fraction of sp³-hybridized carbons (Fsp3) is 0.353. The number of pyridine rings is 1. The third kappa shape index (κ3) is 4.82. The van der Waals surface area contributed by atoms with Crippen LogP contribution in [0.5, 0.6) is 0 Å². The largest absolute Gasteiger partial charge is 0.472 e. The molecule has 0 unspecified atom stereocenters. The predicted octanol–water partition coefficient (Wildman–Crippen LogP) is 2.77. The van der Waals surface area contributed by atoms with Gasteiger partial charge in [-0.15, -0.1) is 0 Å². The molecule has 0 N–H and O–H groups in total. The van der Waals surface area contributed by atoms with Crippen molar-refractivity contribution in [1.29, 1.82) is 0 Å². The van der Waals surface area contributed by atoms with Crippen molar-refractivity contribution in [3.63, 3.8) is 0 Å². The van der Waals surface area contributed by atoms with Gasteiger partial charge in [-0.1, -0.05) is 11.8 Å². The minimum Gasteiger partial charge on any atom is -0.472 e. The summed E-state index contributed by atoms with van der Waals surface area (Å²) in [5.74, 6) is -0.204. The van der Waals surface area contributed by atoms with Crippen molar-refractivity contribution in [2.45, 2.75) is 11.2 Å². The van der Waals surface area contributed by atoms with Crippen LogP contribution in [0.1, 0.15) is 15.9 Å².